The van der Waals surface area contributed by atoms with Gasteiger partial charge in [-0.05, 0) is 0 Å². The zero-order valence-corrected chi connectivity index (χ0v) is 3.89. The van der Waals surface area contributed by atoms with E-state index in [2.05, 4.69) is 0 Å². The van der Waals surface area contributed by atoms with Gasteiger partial charge in [0.1, 0.15) is 0 Å². The summed E-state index contributed by atoms with van der Waals surface area (Å²) in [6.07, 6.45) is 0. The number of hydrogen-bond donors (Lipinski definition) is 2. The summed E-state index contributed by atoms with van der Waals surface area (Å²) in [6.45, 7) is 9.50. The van der Waals surface area contributed by atoms with Crippen LogP contribution in [0.3, 0.4) is 0 Å². The molecule has 6 heavy (non-hydrogen) atoms. The molecule has 8 N–H and O–H groups in total. The molecule has 0 fully saturated rings. The molecule has 0 aliphatic rings. The van der Waals surface area contributed by atoms with E-state index in [1.54, 1.807) is 0 Å². The first kappa shape index (κ1) is 92.0. The van der Waals surface area contributed by atoms with E-state index < -0.39 is 0 Å². The smallest absolute Gasteiger partial charge is 0.369 e. The van der Waals surface area contributed by atoms with Gasteiger partial charge >= 0.3 is 0 Å². The van der Waals surface area contributed by atoms with Gasteiger partial charge in [-0.1, -0.05) is 0 Å². The average molecular weight is 88.1 g/mol. The highest BCUT2D eigenvalue weighted by atomic mass is 14.2. The summed E-state index contributed by atoms with van der Waals surface area (Å²) in [6, 6.07) is 0. The third-order valence-electron chi connectivity index (χ3n) is 0. The second-order valence-corrected chi connectivity index (χ2v) is 0. The highest BCUT2D eigenvalue weighted by molar-refractivity contribution is 3.44. The van der Waals surface area contributed by atoms with Crippen LogP contribution in [0.15, 0.2) is 0 Å². The molecule has 0 aromatic carbocycles. The van der Waals surface area contributed by atoms with Crippen molar-refractivity contribution in [3.05, 3.63) is 13.1 Å². The van der Waals surface area contributed by atoms with E-state index in [1.165, 1.54) is 0 Å². The zero-order valence-electron chi connectivity index (χ0n) is 3.89. The Morgan fingerprint density at radius 3 is 0.667 bits per heavy atom. The Bertz CT molecular complexity index is 21.0. The van der Waals surface area contributed by atoms with Gasteiger partial charge in [-0.2, -0.15) is 0 Å². The maximum atomic E-state index is 6.25. The van der Waals surface area contributed by atoms with Crippen LogP contribution in [0.2, 0.25) is 0 Å². The van der Waals surface area contributed by atoms with Gasteiger partial charge in [0.2, 0.25) is 0 Å². The minimum atomic E-state index is 0. The van der Waals surface area contributed by atoms with Crippen molar-refractivity contribution in [3.63, 3.8) is 0 Å². The fourth-order valence-corrected chi connectivity index (χ4v) is 0. The van der Waals surface area contributed by atoms with Crippen LogP contribution in [0.1, 0.15) is 0 Å². The van der Waals surface area contributed by atoms with E-state index >= 15 is 0 Å². The first-order valence-electron chi connectivity index (χ1n) is 0.447. The molecule has 4 nitrogen and oxygen atoms in total. The second kappa shape index (κ2) is 27.1. The van der Waals surface area contributed by atoms with E-state index in [-0.39, 0.29) is 12.3 Å². The molecular weight excluding hydrogens is 80.0 g/mol. The van der Waals surface area contributed by atoms with E-state index in [9.17, 15) is 0 Å². The van der Waals surface area contributed by atoms with Crippen molar-refractivity contribution in [1.29, 1.82) is 10.5 Å². The summed E-state index contributed by atoms with van der Waals surface area (Å²) in [7, 11) is 0. The van der Waals surface area contributed by atoms with E-state index in [4.69, 9.17) is 23.7 Å². The lowest BCUT2D eigenvalue weighted by molar-refractivity contribution is 1.53. The van der Waals surface area contributed by atoms with Gasteiger partial charge in [0.05, 0.1) is 0 Å². The van der Waals surface area contributed by atoms with Gasteiger partial charge in [0, 0.05) is 0 Å². The number of nitrogens with zero attached hydrogens (tertiary/aromatic N) is 2. The van der Waals surface area contributed by atoms with Crippen molar-refractivity contribution in [2.75, 3.05) is 0 Å². The van der Waals surface area contributed by atoms with Crippen LogP contribution in [-0.4, -0.2) is 0 Å². The SMILES string of the molecule is [C-]#N.[C-]#N.[NH4+].[NH4+]. The lowest BCUT2D eigenvalue weighted by Crippen LogP contribution is -0.530. The Kier molecular flexibility index (Phi) is 416. The van der Waals surface area contributed by atoms with Crippen molar-refractivity contribution in [1.82, 2.24) is 12.3 Å². The minimum Gasteiger partial charge on any atom is -0.512 e. The summed E-state index contributed by atoms with van der Waals surface area (Å²) in [5, 5.41) is 12.5. The Morgan fingerprint density at radius 2 is 0.667 bits per heavy atom. The standard InChI is InChI=1S/2CN.2H3N/c2*1-2;;/h;;2*1H3/q2*-1;;/p+2. The summed E-state index contributed by atoms with van der Waals surface area (Å²) >= 11 is 0. The van der Waals surface area contributed by atoms with Gasteiger partial charge in [0.15, 0.2) is 0 Å². The third kappa shape index (κ3) is 8.65. The summed E-state index contributed by atoms with van der Waals surface area (Å²) in [5.74, 6) is 0. The van der Waals surface area contributed by atoms with Crippen LogP contribution >= 0.6 is 0 Å². The molecule has 36 valence electrons. The zero-order chi connectivity index (χ0) is 4.00. The molecular formula is C2H8N4. The highest BCUT2D eigenvalue weighted by Crippen LogP contribution is 0.628. The van der Waals surface area contributed by atoms with Gasteiger partial charge < -0.3 is 36.0 Å². The van der Waals surface area contributed by atoms with Gasteiger partial charge in [-0.15, -0.1) is 0 Å². The molecule has 0 unspecified atom stereocenters. The molecule has 0 heterocycles. The van der Waals surface area contributed by atoms with E-state index in [0.717, 1.165) is 0 Å². The third-order valence-corrected chi connectivity index (χ3v) is 0. The van der Waals surface area contributed by atoms with Crippen molar-refractivity contribution < 1.29 is 0 Å². The number of hydrogen-bond acceptors (Lipinski definition) is 2. The first-order valence-corrected chi connectivity index (χ1v) is 0.447. The number of rotatable bonds is 0. The molecule has 0 bridgehead atoms. The van der Waals surface area contributed by atoms with Crippen LogP contribution in [-0.2, 0) is 0 Å². The van der Waals surface area contributed by atoms with Crippen LogP contribution in [0.4, 0.5) is 0 Å². The Hall–Kier alpha value is -1.10. The number of quaternary nitrogens is 2. The quantitative estimate of drug-likeness (QED) is 0.428. The molecule has 0 atom stereocenters. The van der Waals surface area contributed by atoms with Gasteiger partial charge in [-0.25, -0.2) is 0 Å². The fraction of sp³-hybridized carbons (Fsp3) is 0. The van der Waals surface area contributed by atoms with Crippen molar-refractivity contribution in [2.24, 2.45) is 0 Å². The van der Waals surface area contributed by atoms with E-state index in [0.29, 0.717) is 0 Å². The molecule has 0 saturated heterocycles. The average Bonchev–Trinajstić information content (AvgIpc) is 1.50. The molecule has 0 rings (SSSR count). The molecule has 0 aromatic rings. The molecule has 4 heteroatoms. The minimum absolute atomic E-state index is 0. The largest absolute Gasteiger partial charge is 0.512 e. The maximum Gasteiger partial charge on any atom is -0.369 e. The lowest BCUT2D eigenvalue weighted by Gasteiger charge is -1.08. The Labute approximate surface area is 37.2 Å². The monoisotopic (exact) mass is 88.1 g/mol. The lowest BCUT2D eigenvalue weighted by atomic mass is 11.9. The van der Waals surface area contributed by atoms with Crippen LogP contribution in [0.5, 0.6) is 0 Å². The van der Waals surface area contributed by atoms with Crippen LogP contribution in [0, 0.1) is 23.7 Å². The maximum absolute atomic E-state index is 6.25. The molecule has 0 spiro atoms. The Balaban J connectivity index is -0.00000000500. The van der Waals surface area contributed by atoms with Crippen molar-refractivity contribution >= 4 is 0 Å². The van der Waals surface area contributed by atoms with Crippen LogP contribution in [0.25, 0.3) is 0 Å². The predicted octanol–water partition coefficient (Wildman–Crippen LogP) is 0.945. The van der Waals surface area contributed by atoms with Gasteiger partial charge in [0.25, 0.3) is 0 Å². The van der Waals surface area contributed by atoms with Crippen LogP contribution < -0.4 is 12.3 Å². The molecule has 0 saturated carbocycles. The summed E-state index contributed by atoms with van der Waals surface area (Å²) < 4.78 is 0. The normalized spacial score (nSPS) is 0.667. The topological polar surface area (TPSA) is 121 Å². The molecule has 0 amide bonds. The van der Waals surface area contributed by atoms with Gasteiger partial charge in [-0.3, -0.25) is 0 Å². The van der Waals surface area contributed by atoms with E-state index in [1.807, 2.05) is 0 Å². The first-order chi connectivity index (χ1) is 2.00. The molecule has 0 aliphatic heterocycles. The van der Waals surface area contributed by atoms with Crippen molar-refractivity contribution in [2.45, 2.75) is 0 Å². The summed E-state index contributed by atoms with van der Waals surface area (Å²) in [4.78, 5) is 0. The second-order valence-electron chi connectivity index (χ2n) is 0. The molecule has 0 aromatic heterocycles. The molecule has 0 aliphatic carbocycles. The fourth-order valence-electron chi connectivity index (χ4n) is 0. The summed E-state index contributed by atoms with van der Waals surface area (Å²) in [5.41, 5.74) is 0. The van der Waals surface area contributed by atoms with Crippen molar-refractivity contribution in [3.8, 4) is 0 Å². The molecule has 0 radical (unpaired) electrons. The predicted molar refractivity (Wildman–Crippen MR) is 21.9 cm³/mol. The highest BCUT2D eigenvalue weighted by Gasteiger charge is 0.0795. The Morgan fingerprint density at radius 1 is 0.667 bits per heavy atom.